The fourth-order valence-corrected chi connectivity index (χ4v) is 3.26. The van der Waals surface area contributed by atoms with Gasteiger partial charge in [0.05, 0.1) is 0 Å². The van der Waals surface area contributed by atoms with Gasteiger partial charge in [-0.05, 0) is 25.7 Å². The number of nitrogens with zero attached hydrogens (tertiary/aromatic N) is 4. The van der Waals surface area contributed by atoms with E-state index in [1.165, 1.54) is 12.7 Å². The summed E-state index contributed by atoms with van der Waals surface area (Å²) in [5.74, 6) is 1.55. The van der Waals surface area contributed by atoms with Crippen molar-refractivity contribution in [1.29, 1.82) is 0 Å². The molecule has 2 amide bonds. The summed E-state index contributed by atoms with van der Waals surface area (Å²) in [7, 11) is 1.85. The lowest BCUT2D eigenvalue weighted by molar-refractivity contribution is -0.141. The van der Waals surface area contributed by atoms with Gasteiger partial charge in [-0.2, -0.15) is 5.10 Å². The summed E-state index contributed by atoms with van der Waals surface area (Å²) in [6, 6.07) is 0. The summed E-state index contributed by atoms with van der Waals surface area (Å²) in [5, 5.41) is 6.99. The lowest BCUT2D eigenvalue weighted by Crippen LogP contribution is -2.46. The highest BCUT2D eigenvalue weighted by Gasteiger charge is 2.33. The normalized spacial score (nSPS) is 19.4. The molecule has 0 bridgehead atoms. The summed E-state index contributed by atoms with van der Waals surface area (Å²) in [6.45, 7) is 2.01. The highest BCUT2D eigenvalue weighted by atomic mass is 16.2. The number of hydrogen-bond acceptors (Lipinski definition) is 4. The van der Waals surface area contributed by atoms with Crippen LogP contribution in [-0.2, 0) is 23.1 Å². The Hall–Kier alpha value is -1.92. The molecule has 1 aromatic heterocycles. The second kappa shape index (κ2) is 7.10. The summed E-state index contributed by atoms with van der Waals surface area (Å²) in [4.78, 5) is 30.5. The SMILES string of the molecule is Cn1ncnc1CCNC(=O)C1CCN(C(=O)C2CCC2)CC1. The molecule has 1 saturated heterocycles. The molecule has 7 nitrogen and oxygen atoms in total. The van der Waals surface area contributed by atoms with Crippen molar-refractivity contribution >= 4 is 11.8 Å². The Morgan fingerprint density at radius 3 is 2.52 bits per heavy atom. The number of amides is 2. The number of likely N-dealkylation sites (tertiary alicyclic amines) is 1. The lowest BCUT2D eigenvalue weighted by atomic mass is 9.83. The Balaban J connectivity index is 1.38. The van der Waals surface area contributed by atoms with Crippen LogP contribution in [0.25, 0.3) is 0 Å². The summed E-state index contributed by atoms with van der Waals surface area (Å²) in [6.07, 6.45) is 7.01. The van der Waals surface area contributed by atoms with E-state index in [-0.39, 0.29) is 17.7 Å². The third kappa shape index (κ3) is 3.71. The highest BCUT2D eigenvalue weighted by molar-refractivity contribution is 5.81. The van der Waals surface area contributed by atoms with Crippen molar-refractivity contribution in [1.82, 2.24) is 25.0 Å². The first kappa shape index (κ1) is 16.0. The quantitative estimate of drug-likeness (QED) is 0.858. The van der Waals surface area contributed by atoms with Gasteiger partial charge in [-0.1, -0.05) is 6.42 Å². The molecule has 1 aliphatic carbocycles. The van der Waals surface area contributed by atoms with Crippen LogP contribution in [0, 0.1) is 11.8 Å². The average molecular weight is 319 g/mol. The first-order chi connectivity index (χ1) is 11.1. The molecule has 2 heterocycles. The van der Waals surface area contributed by atoms with Crippen LogP contribution in [0.1, 0.15) is 37.9 Å². The molecule has 1 aliphatic heterocycles. The number of aryl methyl sites for hydroxylation is 1. The smallest absolute Gasteiger partial charge is 0.225 e. The highest BCUT2D eigenvalue weighted by Crippen LogP contribution is 2.30. The van der Waals surface area contributed by atoms with Gasteiger partial charge in [0, 0.05) is 44.9 Å². The van der Waals surface area contributed by atoms with Gasteiger partial charge in [-0.25, -0.2) is 4.98 Å². The van der Waals surface area contributed by atoms with E-state index in [1.54, 1.807) is 4.68 Å². The summed E-state index contributed by atoms with van der Waals surface area (Å²) < 4.78 is 1.72. The second-order valence-electron chi connectivity index (χ2n) is 6.57. The molecule has 1 saturated carbocycles. The Morgan fingerprint density at radius 2 is 1.96 bits per heavy atom. The van der Waals surface area contributed by atoms with E-state index in [9.17, 15) is 9.59 Å². The molecular weight excluding hydrogens is 294 g/mol. The zero-order chi connectivity index (χ0) is 16.2. The Bertz CT molecular complexity index is 559. The van der Waals surface area contributed by atoms with Crippen molar-refractivity contribution in [3.05, 3.63) is 12.2 Å². The fraction of sp³-hybridized carbons (Fsp3) is 0.750. The molecule has 126 valence electrons. The van der Waals surface area contributed by atoms with Crippen LogP contribution >= 0.6 is 0 Å². The van der Waals surface area contributed by atoms with Crippen molar-refractivity contribution in [2.24, 2.45) is 18.9 Å². The summed E-state index contributed by atoms with van der Waals surface area (Å²) >= 11 is 0. The number of carbonyl (C=O) groups is 2. The molecule has 7 heteroatoms. The minimum Gasteiger partial charge on any atom is -0.355 e. The lowest BCUT2D eigenvalue weighted by Gasteiger charge is -2.36. The first-order valence-electron chi connectivity index (χ1n) is 8.54. The van der Waals surface area contributed by atoms with E-state index in [0.717, 1.165) is 44.6 Å². The first-order valence-corrected chi connectivity index (χ1v) is 8.54. The third-order valence-corrected chi connectivity index (χ3v) is 5.08. The van der Waals surface area contributed by atoms with Crippen molar-refractivity contribution in [2.45, 2.75) is 38.5 Å². The van der Waals surface area contributed by atoms with Gasteiger partial charge in [0.25, 0.3) is 0 Å². The van der Waals surface area contributed by atoms with Gasteiger partial charge in [-0.3, -0.25) is 14.3 Å². The van der Waals surface area contributed by atoms with Gasteiger partial charge in [-0.15, -0.1) is 0 Å². The Morgan fingerprint density at radius 1 is 1.22 bits per heavy atom. The molecular formula is C16H25N5O2. The van der Waals surface area contributed by atoms with Gasteiger partial charge in [0.1, 0.15) is 12.2 Å². The molecule has 1 aromatic rings. The van der Waals surface area contributed by atoms with E-state index < -0.39 is 0 Å². The van der Waals surface area contributed by atoms with Crippen LogP contribution in [-0.4, -0.2) is 51.1 Å². The predicted molar refractivity (Wildman–Crippen MR) is 84.4 cm³/mol. The molecule has 3 rings (SSSR count). The molecule has 0 spiro atoms. The van der Waals surface area contributed by atoms with Crippen LogP contribution in [0.2, 0.25) is 0 Å². The molecule has 2 aliphatic rings. The third-order valence-electron chi connectivity index (χ3n) is 5.08. The van der Waals surface area contributed by atoms with Crippen LogP contribution in [0.4, 0.5) is 0 Å². The van der Waals surface area contributed by atoms with Gasteiger partial charge >= 0.3 is 0 Å². The maximum Gasteiger partial charge on any atom is 0.225 e. The van der Waals surface area contributed by atoms with Crippen molar-refractivity contribution in [2.75, 3.05) is 19.6 Å². The molecule has 23 heavy (non-hydrogen) atoms. The van der Waals surface area contributed by atoms with Crippen LogP contribution in [0.15, 0.2) is 6.33 Å². The fourth-order valence-electron chi connectivity index (χ4n) is 3.26. The number of hydrogen-bond donors (Lipinski definition) is 1. The Kier molecular flexibility index (Phi) is 4.93. The standard InChI is InChI=1S/C16H25N5O2/c1-20-14(18-11-19-20)5-8-17-15(22)12-6-9-21(10-7-12)16(23)13-3-2-4-13/h11-13H,2-10H2,1H3,(H,17,22). The van der Waals surface area contributed by atoms with Gasteiger partial charge in [0.2, 0.25) is 11.8 Å². The van der Waals surface area contributed by atoms with Crippen LogP contribution < -0.4 is 5.32 Å². The molecule has 0 atom stereocenters. The van der Waals surface area contributed by atoms with E-state index in [1.807, 2.05) is 11.9 Å². The largest absolute Gasteiger partial charge is 0.355 e. The zero-order valence-corrected chi connectivity index (χ0v) is 13.7. The maximum atomic E-state index is 12.2. The number of rotatable bonds is 5. The van der Waals surface area contributed by atoms with E-state index in [4.69, 9.17) is 0 Å². The topological polar surface area (TPSA) is 80.1 Å². The van der Waals surface area contributed by atoms with E-state index in [0.29, 0.717) is 18.9 Å². The molecule has 0 unspecified atom stereocenters. The number of carbonyl (C=O) groups excluding carboxylic acids is 2. The average Bonchev–Trinajstić information content (AvgIpc) is 2.91. The minimum absolute atomic E-state index is 0.0277. The number of nitrogens with one attached hydrogen (secondary N) is 1. The maximum absolute atomic E-state index is 12.2. The number of piperidine rings is 1. The molecule has 0 aromatic carbocycles. The van der Waals surface area contributed by atoms with Gasteiger partial charge < -0.3 is 10.2 Å². The van der Waals surface area contributed by atoms with E-state index >= 15 is 0 Å². The van der Waals surface area contributed by atoms with Crippen LogP contribution in [0.5, 0.6) is 0 Å². The summed E-state index contributed by atoms with van der Waals surface area (Å²) in [5.41, 5.74) is 0. The zero-order valence-electron chi connectivity index (χ0n) is 13.7. The molecule has 1 N–H and O–H groups in total. The Labute approximate surface area is 136 Å². The minimum atomic E-state index is 0.0277. The monoisotopic (exact) mass is 319 g/mol. The number of aromatic nitrogens is 3. The van der Waals surface area contributed by atoms with Crippen molar-refractivity contribution in [3.63, 3.8) is 0 Å². The van der Waals surface area contributed by atoms with Crippen molar-refractivity contribution < 1.29 is 9.59 Å². The molecule has 2 fully saturated rings. The predicted octanol–water partition coefficient (Wildman–Crippen LogP) is 0.513. The second-order valence-corrected chi connectivity index (χ2v) is 6.57. The van der Waals surface area contributed by atoms with E-state index in [2.05, 4.69) is 15.4 Å². The molecule has 0 radical (unpaired) electrons. The van der Waals surface area contributed by atoms with Crippen molar-refractivity contribution in [3.8, 4) is 0 Å². The van der Waals surface area contributed by atoms with Crippen LogP contribution in [0.3, 0.4) is 0 Å². The van der Waals surface area contributed by atoms with Gasteiger partial charge in [0.15, 0.2) is 0 Å².